The Balaban J connectivity index is 1.41. The normalized spacial score (nSPS) is 15.5. The molecule has 9 nitrogen and oxygen atoms in total. The average Bonchev–Trinajstić information content (AvgIpc) is 3.51. The number of nitrogens with one attached hydrogen (secondary N) is 1. The second-order valence-electron chi connectivity index (χ2n) is 10.5. The zero-order valence-electron chi connectivity index (χ0n) is 21.6. The van der Waals surface area contributed by atoms with Crippen LogP contribution in [0.3, 0.4) is 0 Å². The van der Waals surface area contributed by atoms with Crippen molar-refractivity contribution in [3.63, 3.8) is 0 Å². The summed E-state index contributed by atoms with van der Waals surface area (Å²) in [5.41, 5.74) is 3.45. The first-order valence-electron chi connectivity index (χ1n) is 12.5. The van der Waals surface area contributed by atoms with Crippen molar-refractivity contribution in [2.75, 3.05) is 25.2 Å². The third-order valence-corrected chi connectivity index (χ3v) is 6.49. The summed E-state index contributed by atoms with van der Waals surface area (Å²) >= 11 is 0. The summed E-state index contributed by atoms with van der Waals surface area (Å²) in [6.07, 6.45) is 2.71. The third-order valence-electron chi connectivity index (χ3n) is 6.49. The van der Waals surface area contributed by atoms with Crippen molar-refractivity contribution in [1.82, 2.24) is 14.7 Å². The molecule has 1 fully saturated rings. The van der Waals surface area contributed by atoms with Gasteiger partial charge in [-0.15, -0.1) is 0 Å². The molecule has 2 amide bonds. The number of anilines is 1. The van der Waals surface area contributed by atoms with Crippen LogP contribution in [0.5, 0.6) is 11.5 Å². The smallest absolute Gasteiger partial charge is 0.410 e. The number of benzene rings is 2. The fourth-order valence-electron chi connectivity index (χ4n) is 4.65. The number of fused-ring (bicyclic) bond motifs is 1. The molecule has 0 atom stereocenters. The maximum atomic E-state index is 13.5. The molecular formula is C28H32N4O5. The van der Waals surface area contributed by atoms with E-state index in [0.717, 1.165) is 16.9 Å². The topological polar surface area (TPSA) is 94.9 Å². The monoisotopic (exact) mass is 504 g/mol. The second-order valence-corrected chi connectivity index (χ2v) is 10.5. The van der Waals surface area contributed by atoms with E-state index in [1.165, 1.54) is 0 Å². The molecule has 2 aromatic carbocycles. The van der Waals surface area contributed by atoms with E-state index in [4.69, 9.17) is 14.2 Å². The molecule has 3 aromatic rings. The van der Waals surface area contributed by atoms with Crippen molar-refractivity contribution in [2.24, 2.45) is 0 Å². The Morgan fingerprint density at radius 3 is 2.43 bits per heavy atom. The highest BCUT2D eigenvalue weighted by molar-refractivity contribution is 6.05. The number of hydrogen-bond acceptors (Lipinski definition) is 6. The molecule has 1 N–H and O–H groups in total. The minimum Gasteiger partial charge on any atom is -0.454 e. The molecule has 0 saturated carbocycles. The van der Waals surface area contributed by atoms with Crippen LogP contribution in [0.25, 0.3) is 5.69 Å². The lowest BCUT2D eigenvalue weighted by Crippen LogP contribution is -2.41. The maximum Gasteiger partial charge on any atom is 0.410 e. The van der Waals surface area contributed by atoms with Gasteiger partial charge in [0.2, 0.25) is 6.79 Å². The highest BCUT2D eigenvalue weighted by Gasteiger charge is 2.32. The summed E-state index contributed by atoms with van der Waals surface area (Å²) < 4.78 is 18.2. The molecule has 9 heteroatoms. The highest BCUT2D eigenvalue weighted by Crippen LogP contribution is 2.36. The number of piperidine rings is 1. The molecule has 0 aliphatic carbocycles. The van der Waals surface area contributed by atoms with Gasteiger partial charge in [0.15, 0.2) is 11.5 Å². The summed E-state index contributed by atoms with van der Waals surface area (Å²) in [5.74, 6) is 1.05. The van der Waals surface area contributed by atoms with Gasteiger partial charge in [-0.1, -0.05) is 17.7 Å². The first-order valence-corrected chi connectivity index (χ1v) is 12.5. The number of ether oxygens (including phenoxy) is 3. The number of aryl methyl sites for hydroxylation is 1. The molecule has 2 aliphatic rings. The molecule has 0 spiro atoms. The molecule has 1 aromatic heterocycles. The lowest BCUT2D eigenvalue weighted by Gasteiger charge is -2.34. The van der Waals surface area contributed by atoms with Crippen molar-refractivity contribution >= 4 is 17.7 Å². The van der Waals surface area contributed by atoms with Gasteiger partial charge in [0, 0.05) is 30.8 Å². The Labute approximate surface area is 216 Å². The molecule has 0 unspecified atom stereocenters. The SMILES string of the molecule is Cc1ccc(-n2ncc(C(=O)Nc3ccc4c(c3)OCO4)c2C2CCN(C(=O)OC(C)(C)C)CC2)cc1. The van der Waals surface area contributed by atoms with Crippen LogP contribution in [-0.2, 0) is 4.74 Å². The van der Waals surface area contributed by atoms with Crippen LogP contribution < -0.4 is 14.8 Å². The number of rotatable bonds is 4. The summed E-state index contributed by atoms with van der Waals surface area (Å²) in [6.45, 7) is 8.88. The number of aromatic nitrogens is 2. The number of hydrogen-bond donors (Lipinski definition) is 1. The van der Waals surface area contributed by atoms with Crippen LogP contribution in [0.1, 0.15) is 61.1 Å². The Kier molecular flexibility index (Phi) is 6.54. The molecule has 0 bridgehead atoms. The second kappa shape index (κ2) is 9.80. The van der Waals surface area contributed by atoms with Crippen LogP contribution in [0.4, 0.5) is 10.5 Å². The molecule has 0 radical (unpaired) electrons. The van der Waals surface area contributed by atoms with Crippen molar-refractivity contribution in [3.05, 3.63) is 65.5 Å². The van der Waals surface area contributed by atoms with Gasteiger partial charge in [-0.3, -0.25) is 4.79 Å². The number of carbonyl (C=O) groups excluding carboxylic acids is 2. The quantitative estimate of drug-likeness (QED) is 0.520. The molecular weight excluding hydrogens is 472 g/mol. The van der Waals surface area contributed by atoms with Gasteiger partial charge in [0.25, 0.3) is 5.91 Å². The predicted molar refractivity (Wildman–Crippen MR) is 139 cm³/mol. The van der Waals surface area contributed by atoms with Crippen molar-refractivity contribution in [3.8, 4) is 17.2 Å². The maximum absolute atomic E-state index is 13.5. The van der Waals surface area contributed by atoms with Gasteiger partial charge < -0.3 is 24.4 Å². The number of nitrogens with zero attached hydrogens (tertiary/aromatic N) is 3. The Morgan fingerprint density at radius 1 is 1.03 bits per heavy atom. The van der Waals surface area contributed by atoms with Crippen molar-refractivity contribution in [2.45, 2.75) is 52.1 Å². The van der Waals surface area contributed by atoms with E-state index in [0.29, 0.717) is 48.7 Å². The summed E-state index contributed by atoms with van der Waals surface area (Å²) in [5, 5.41) is 7.60. The Hall–Kier alpha value is -4.01. The largest absolute Gasteiger partial charge is 0.454 e. The first kappa shape index (κ1) is 24.7. The lowest BCUT2D eigenvalue weighted by molar-refractivity contribution is 0.0203. The lowest BCUT2D eigenvalue weighted by atomic mass is 9.90. The minimum absolute atomic E-state index is 0.0417. The minimum atomic E-state index is -0.544. The van der Waals surface area contributed by atoms with Crippen LogP contribution in [0.15, 0.2) is 48.7 Å². The first-order chi connectivity index (χ1) is 17.7. The highest BCUT2D eigenvalue weighted by atomic mass is 16.7. The standard InChI is InChI=1S/C28H32N4O5/c1-18-5-8-21(9-6-18)32-25(19-11-13-31(14-12-19)27(34)37-28(2,3)4)22(16-29-32)26(33)30-20-7-10-23-24(15-20)36-17-35-23/h5-10,15-16,19H,11-14,17H2,1-4H3,(H,30,33). The van der Waals surface area contributed by atoms with Crippen molar-refractivity contribution < 1.29 is 23.8 Å². The number of amides is 2. The van der Waals surface area contributed by atoms with E-state index in [1.54, 1.807) is 29.3 Å². The molecule has 1 saturated heterocycles. The van der Waals surface area contributed by atoms with Crippen LogP contribution in [-0.4, -0.2) is 52.2 Å². The van der Waals surface area contributed by atoms with Crippen LogP contribution in [0, 0.1) is 6.92 Å². The van der Waals surface area contributed by atoms with Gasteiger partial charge >= 0.3 is 6.09 Å². The van der Waals surface area contributed by atoms with Gasteiger partial charge in [-0.2, -0.15) is 5.10 Å². The van der Waals surface area contributed by atoms with E-state index in [2.05, 4.69) is 10.4 Å². The summed E-state index contributed by atoms with van der Waals surface area (Å²) in [4.78, 5) is 27.8. The molecule has 194 valence electrons. The van der Waals surface area contributed by atoms with E-state index < -0.39 is 5.60 Å². The molecule has 37 heavy (non-hydrogen) atoms. The number of carbonyl (C=O) groups is 2. The van der Waals surface area contributed by atoms with Gasteiger partial charge in [0.05, 0.1) is 23.1 Å². The Bertz CT molecular complexity index is 1300. The Morgan fingerprint density at radius 2 is 1.73 bits per heavy atom. The average molecular weight is 505 g/mol. The predicted octanol–water partition coefficient (Wildman–Crippen LogP) is 5.28. The van der Waals surface area contributed by atoms with Crippen molar-refractivity contribution in [1.29, 1.82) is 0 Å². The zero-order chi connectivity index (χ0) is 26.2. The van der Waals surface area contributed by atoms with Gasteiger partial charge in [0.1, 0.15) is 5.60 Å². The zero-order valence-corrected chi connectivity index (χ0v) is 21.6. The van der Waals surface area contributed by atoms with Crippen LogP contribution in [0.2, 0.25) is 0 Å². The summed E-state index contributed by atoms with van der Waals surface area (Å²) in [6, 6.07) is 13.4. The fraction of sp³-hybridized carbons (Fsp3) is 0.393. The van der Waals surface area contributed by atoms with E-state index in [9.17, 15) is 9.59 Å². The van der Waals surface area contributed by atoms with E-state index in [1.807, 2.05) is 56.6 Å². The van der Waals surface area contributed by atoms with E-state index in [-0.39, 0.29) is 24.7 Å². The van der Waals surface area contributed by atoms with Crippen LogP contribution >= 0.6 is 0 Å². The number of likely N-dealkylation sites (tertiary alicyclic amines) is 1. The van der Waals surface area contributed by atoms with Gasteiger partial charge in [-0.25, -0.2) is 9.48 Å². The van der Waals surface area contributed by atoms with E-state index >= 15 is 0 Å². The van der Waals surface area contributed by atoms with Gasteiger partial charge in [-0.05, 0) is 64.8 Å². The molecule has 3 heterocycles. The fourth-order valence-corrected chi connectivity index (χ4v) is 4.65. The third kappa shape index (κ3) is 5.40. The molecule has 2 aliphatic heterocycles. The molecule has 5 rings (SSSR count). The summed E-state index contributed by atoms with van der Waals surface area (Å²) in [7, 11) is 0.